The molecule has 2 aromatic carbocycles. The zero-order valence-electron chi connectivity index (χ0n) is 27.3. The molecule has 0 saturated carbocycles. The maximum absolute atomic E-state index is 11.5. The molecule has 0 bridgehead atoms. The number of phenolic OH excluding ortho intramolecular Hbond substituents is 2. The van der Waals surface area contributed by atoms with Gasteiger partial charge in [0.05, 0.1) is 46.0 Å². The van der Waals surface area contributed by atoms with E-state index < -0.39 is 0 Å². The highest BCUT2D eigenvalue weighted by Gasteiger charge is 2.31. The van der Waals surface area contributed by atoms with Gasteiger partial charge < -0.3 is 39.4 Å². The third-order valence-electron chi connectivity index (χ3n) is 9.51. The molecule has 0 saturated heterocycles. The molecule has 2 aromatic rings. The molecule has 6 rings (SSSR count). The second-order valence-corrected chi connectivity index (χ2v) is 12.1. The third kappa shape index (κ3) is 7.53. The maximum Gasteiger partial charge on any atom is 0.210 e. The van der Waals surface area contributed by atoms with Crippen molar-refractivity contribution >= 4 is 6.41 Å². The van der Waals surface area contributed by atoms with E-state index in [9.17, 15) is 15.0 Å². The summed E-state index contributed by atoms with van der Waals surface area (Å²) in [6.45, 7) is 1.73. The second kappa shape index (κ2) is 15.3. The molecule has 2 aliphatic carbocycles. The first kappa shape index (κ1) is 33.0. The average molecular weight is 631 g/mol. The Hall–Kier alpha value is -4.37. The monoisotopic (exact) mass is 630 g/mol. The molecule has 0 fully saturated rings. The Kier molecular flexibility index (Phi) is 11.0. The molecule has 2 heterocycles. The van der Waals surface area contributed by atoms with Gasteiger partial charge in [0, 0.05) is 25.4 Å². The number of rotatable bonds is 9. The molecule has 1 amide bonds. The number of allylic oxidation sites excluding steroid dienone is 4. The van der Waals surface area contributed by atoms with Crippen LogP contribution in [0.3, 0.4) is 0 Å². The summed E-state index contributed by atoms with van der Waals surface area (Å²) in [5.41, 5.74) is 7.80. The maximum atomic E-state index is 11.5. The van der Waals surface area contributed by atoms with E-state index in [1.165, 1.54) is 29.4 Å². The van der Waals surface area contributed by atoms with E-state index in [4.69, 9.17) is 18.9 Å². The number of carbonyl (C=O) groups is 1. The number of carbonyl (C=O) groups excluding carboxylic acids is 1. The van der Waals surface area contributed by atoms with Crippen LogP contribution in [0.25, 0.3) is 0 Å². The fourth-order valence-corrected chi connectivity index (χ4v) is 6.98. The van der Waals surface area contributed by atoms with E-state index in [2.05, 4.69) is 17.5 Å². The lowest BCUT2D eigenvalue weighted by Crippen LogP contribution is -2.42. The molecule has 2 aliphatic heterocycles. The number of nitrogens with zero attached hydrogens (tertiary/aromatic N) is 1. The van der Waals surface area contributed by atoms with Crippen LogP contribution in [0.1, 0.15) is 49.7 Å². The van der Waals surface area contributed by atoms with Crippen LogP contribution in [0.15, 0.2) is 82.4 Å². The van der Waals surface area contributed by atoms with Gasteiger partial charge in [-0.05, 0) is 104 Å². The zero-order valence-corrected chi connectivity index (χ0v) is 27.3. The molecule has 9 nitrogen and oxygen atoms in total. The van der Waals surface area contributed by atoms with Crippen LogP contribution >= 0.6 is 0 Å². The largest absolute Gasteiger partial charge is 0.504 e. The fourth-order valence-electron chi connectivity index (χ4n) is 6.98. The fraction of sp³-hybridized carbons (Fsp3) is 0.432. The number of benzene rings is 2. The number of aromatic hydroxyl groups is 2. The summed E-state index contributed by atoms with van der Waals surface area (Å²) in [6.07, 6.45) is 12.3. The number of hydrogen-bond acceptors (Lipinski definition) is 8. The Bertz CT molecular complexity index is 1540. The van der Waals surface area contributed by atoms with Crippen LogP contribution in [-0.4, -0.2) is 75.1 Å². The minimum atomic E-state index is 0.0358. The van der Waals surface area contributed by atoms with Gasteiger partial charge in [0.15, 0.2) is 23.0 Å². The zero-order chi connectivity index (χ0) is 32.6. The van der Waals surface area contributed by atoms with Crippen molar-refractivity contribution in [2.75, 3.05) is 41.5 Å². The normalized spacial score (nSPS) is 20.7. The first-order chi connectivity index (χ1) is 22.4. The van der Waals surface area contributed by atoms with E-state index in [1.807, 2.05) is 23.1 Å². The summed E-state index contributed by atoms with van der Waals surface area (Å²) in [7, 11) is 6.55. The summed E-state index contributed by atoms with van der Waals surface area (Å²) in [6, 6.07) is 11.4. The van der Waals surface area contributed by atoms with Gasteiger partial charge in [-0.15, -0.1) is 0 Å². The topological polar surface area (TPSA) is 110 Å². The molecule has 9 heteroatoms. The van der Waals surface area contributed by atoms with Crippen molar-refractivity contribution in [3.05, 3.63) is 93.5 Å². The molecule has 2 atom stereocenters. The summed E-state index contributed by atoms with van der Waals surface area (Å²) in [4.78, 5) is 13.4. The van der Waals surface area contributed by atoms with Crippen LogP contribution in [0.2, 0.25) is 0 Å². The number of amides is 1. The second-order valence-electron chi connectivity index (χ2n) is 12.1. The number of ether oxygens (including phenoxy) is 4. The van der Waals surface area contributed by atoms with Gasteiger partial charge in [-0.2, -0.15) is 0 Å². The third-order valence-corrected chi connectivity index (χ3v) is 9.51. The van der Waals surface area contributed by atoms with Crippen molar-refractivity contribution in [1.82, 2.24) is 10.2 Å². The van der Waals surface area contributed by atoms with Gasteiger partial charge >= 0.3 is 0 Å². The van der Waals surface area contributed by atoms with Crippen molar-refractivity contribution in [2.45, 2.75) is 63.5 Å². The Balaban J connectivity index is 0.000000182. The number of hydrogen-bond donors (Lipinski definition) is 3. The van der Waals surface area contributed by atoms with Gasteiger partial charge in [0.2, 0.25) is 6.41 Å². The van der Waals surface area contributed by atoms with E-state index >= 15 is 0 Å². The van der Waals surface area contributed by atoms with Crippen molar-refractivity contribution in [1.29, 1.82) is 0 Å². The number of nitrogens with one attached hydrogen (secondary N) is 1. The minimum absolute atomic E-state index is 0.0358. The molecule has 46 heavy (non-hydrogen) atoms. The van der Waals surface area contributed by atoms with Crippen LogP contribution in [0.5, 0.6) is 23.0 Å². The van der Waals surface area contributed by atoms with Gasteiger partial charge in [0.25, 0.3) is 0 Å². The van der Waals surface area contributed by atoms with Gasteiger partial charge in [-0.1, -0.05) is 23.3 Å². The van der Waals surface area contributed by atoms with Crippen LogP contribution in [-0.2, 0) is 27.1 Å². The molecule has 0 spiro atoms. The van der Waals surface area contributed by atoms with Gasteiger partial charge in [0.1, 0.15) is 0 Å². The van der Waals surface area contributed by atoms with Crippen molar-refractivity contribution in [2.24, 2.45) is 0 Å². The van der Waals surface area contributed by atoms with Crippen molar-refractivity contribution in [3.8, 4) is 23.0 Å². The lowest BCUT2D eigenvalue weighted by molar-refractivity contribution is -0.119. The first-order valence-electron chi connectivity index (χ1n) is 15.9. The summed E-state index contributed by atoms with van der Waals surface area (Å²) in [5, 5.41) is 23.5. The Morgan fingerprint density at radius 2 is 1.35 bits per heavy atom. The van der Waals surface area contributed by atoms with E-state index in [-0.39, 0.29) is 17.5 Å². The predicted octanol–water partition coefficient (Wildman–Crippen LogP) is 5.72. The number of methoxy groups -OCH3 is 4. The summed E-state index contributed by atoms with van der Waals surface area (Å²) in [5.74, 6) is 3.40. The van der Waals surface area contributed by atoms with E-state index in [0.717, 1.165) is 87.1 Å². The average Bonchev–Trinajstić information content (AvgIpc) is 3.08. The molecular weight excluding hydrogens is 584 g/mol. The van der Waals surface area contributed by atoms with E-state index in [0.29, 0.717) is 24.0 Å². The predicted molar refractivity (Wildman–Crippen MR) is 177 cm³/mol. The van der Waals surface area contributed by atoms with Gasteiger partial charge in [-0.3, -0.25) is 4.79 Å². The Morgan fingerprint density at radius 1 is 0.783 bits per heavy atom. The highest BCUT2D eigenvalue weighted by molar-refractivity contribution is 5.52. The highest BCUT2D eigenvalue weighted by atomic mass is 16.5. The standard InChI is InChI=1S/C19H23NO4.C18H23NO3/c1-23-15-4-5-16-14(11-15)7-8-20(12-21)17(16)9-13-3-6-19(24-2)18(22)10-13;1-21-14-4-5-15-13(11-14)7-8-19-16(15)9-12-3-6-18(22-2)17(20)10-12/h3-4,6,10,12,17,22H,5,7-9,11H2,1-2H3;3-4,6,10,16,19-20H,5,7-9,11H2,1-2H3. The van der Waals surface area contributed by atoms with Crippen molar-refractivity contribution < 1.29 is 34.0 Å². The molecule has 0 radical (unpaired) electrons. The number of phenols is 2. The first-order valence-corrected chi connectivity index (χ1v) is 15.9. The summed E-state index contributed by atoms with van der Waals surface area (Å²) >= 11 is 0. The molecule has 2 unspecified atom stereocenters. The lowest BCUT2D eigenvalue weighted by atomic mass is 9.82. The van der Waals surface area contributed by atoms with Crippen LogP contribution < -0.4 is 14.8 Å². The lowest BCUT2D eigenvalue weighted by Gasteiger charge is -2.38. The quantitative estimate of drug-likeness (QED) is 0.239. The Labute approximate surface area is 271 Å². The summed E-state index contributed by atoms with van der Waals surface area (Å²) < 4.78 is 21.0. The SMILES string of the molecule is COC1=CCC2=C(CCN(C=O)C2Cc2ccc(OC)c(O)c2)C1.COC1=CCC2=C(CCNC2Cc2ccc(OC)c(O)c2)C1. The molecule has 3 N–H and O–H groups in total. The molecular formula is C37H46N2O7. The van der Waals surface area contributed by atoms with E-state index in [1.54, 1.807) is 39.5 Å². The van der Waals surface area contributed by atoms with Crippen LogP contribution in [0.4, 0.5) is 0 Å². The highest BCUT2D eigenvalue weighted by Crippen LogP contribution is 2.37. The molecule has 246 valence electrons. The Morgan fingerprint density at radius 3 is 1.89 bits per heavy atom. The minimum Gasteiger partial charge on any atom is -0.504 e. The smallest absolute Gasteiger partial charge is 0.210 e. The van der Waals surface area contributed by atoms with Crippen molar-refractivity contribution in [3.63, 3.8) is 0 Å². The molecule has 4 aliphatic rings. The van der Waals surface area contributed by atoms with Gasteiger partial charge in [-0.25, -0.2) is 0 Å². The van der Waals surface area contributed by atoms with Crippen LogP contribution in [0, 0.1) is 0 Å². The molecule has 0 aromatic heterocycles.